The average Bonchev–Trinajstić information content (AvgIpc) is 1.89. The number of rotatable bonds is 3. The van der Waals surface area contributed by atoms with E-state index in [0.29, 0.717) is 12.5 Å². The Kier molecular flexibility index (Phi) is 7.65. The lowest BCUT2D eigenvalue weighted by Crippen LogP contribution is -1.91. The molecule has 0 rings (SSSR count). The second-order valence-electron chi connectivity index (χ2n) is 1.54. The standard InChI is InChI=1S/C7H11ClO/c1-2-6-9-7-4-3-5-8/h2,5-7H2,1H3. The summed E-state index contributed by atoms with van der Waals surface area (Å²) in [6.45, 7) is 3.37. The molecule has 0 aromatic carbocycles. The summed E-state index contributed by atoms with van der Waals surface area (Å²) in [7, 11) is 0. The summed E-state index contributed by atoms with van der Waals surface area (Å²) in [5, 5.41) is 0. The van der Waals surface area contributed by atoms with E-state index >= 15 is 0 Å². The second kappa shape index (κ2) is 7.81. The van der Waals surface area contributed by atoms with Gasteiger partial charge in [-0.2, -0.15) is 0 Å². The van der Waals surface area contributed by atoms with Crippen LogP contribution in [0.5, 0.6) is 0 Å². The van der Waals surface area contributed by atoms with Crippen LogP contribution in [0.3, 0.4) is 0 Å². The monoisotopic (exact) mass is 146 g/mol. The molecule has 0 aliphatic heterocycles. The largest absolute Gasteiger partial charge is 0.369 e. The number of alkyl halides is 1. The third kappa shape index (κ3) is 7.81. The Morgan fingerprint density at radius 2 is 2.22 bits per heavy atom. The highest BCUT2D eigenvalue weighted by molar-refractivity contribution is 6.19. The van der Waals surface area contributed by atoms with Crippen molar-refractivity contribution < 1.29 is 4.74 Å². The molecule has 9 heavy (non-hydrogen) atoms. The van der Waals surface area contributed by atoms with Gasteiger partial charge in [0.2, 0.25) is 0 Å². The summed E-state index contributed by atoms with van der Waals surface area (Å²) >= 11 is 5.29. The molecule has 0 amide bonds. The minimum Gasteiger partial charge on any atom is -0.369 e. The van der Waals surface area contributed by atoms with E-state index in [9.17, 15) is 0 Å². The molecule has 0 unspecified atom stereocenters. The van der Waals surface area contributed by atoms with Crippen molar-refractivity contribution in [2.45, 2.75) is 13.3 Å². The lowest BCUT2D eigenvalue weighted by Gasteiger charge is -1.91. The first-order valence-corrected chi connectivity index (χ1v) is 3.54. The van der Waals surface area contributed by atoms with Crippen molar-refractivity contribution in [1.82, 2.24) is 0 Å². The number of hydrogen-bond donors (Lipinski definition) is 0. The molecule has 0 heterocycles. The van der Waals surface area contributed by atoms with E-state index in [-0.39, 0.29) is 0 Å². The first-order chi connectivity index (χ1) is 4.41. The van der Waals surface area contributed by atoms with E-state index in [1.54, 1.807) is 0 Å². The molecule has 0 atom stereocenters. The summed E-state index contributed by atoms with van der Waals surface area (Å²) in [6, 6.07) is 0. The van der Waals surface area contributed by atoms with Gasteiger partial charge >= 0.3 is 0 Å². The molecule has 0 N–H and O–H groups in total. The van der Waals surface area contributed by atoms with Gasteiger partial charge in [-0.3, -0.25) is 0 Å². The van der Waals surface area contributed by atoms with E-state index < -0.39 is 0 Å². The molecule has 0 saturated heterocycles. The van der Waals surface area contributed by atoms with Gasteiger partial charge in [0.1, 0.15) is 6.61 Å². The molecular formula is C7H11ClO. The number of halogens is 1. The molecule has 2 heteroatoms. The minimum atomic E-state index is 0.398. The molecule has 0 aromatic rings. The second-order valence-corrected chi connectivity index (χ2v) is 1.81. The number of ether oxygens (including phenoxy) is 1. The normalized spacial score (nSPS) is 8.22. The first-order valence-electron chi connectivity index (χ1n) is 3.01. The summed E-state index contributed by atoms with van der Waals surface area (Å²) < 4.78 is 5.05. The molecule has 0 spiro atoms. The minimum absolute atomic E-state index is 0.398. The molecule has 0 aliphatic carbocycles. The fourth-order valence-corrected chi connectivity index (χ4v) is 0.460. The predicted octanol–water partition coefficient (Wildman–Crippen LogP) is 1.66. The Morgan fingerprint density at radius 3 is 2.78 bits per heavy atom. The van der Waals surface area contributed by atoms with Crippen molar-refractivity contribution in [1.29, 1.82) is 0 Å². The zero-order valence-electron chi connectivity index (χ0n) is 5.61. The van der Waals surface area contributed by atoms with E-state index in [4.69, 9.17) is 16.3 Å². The molecule has 0 fully saturated rings. The van der Waals surface area contributed by atoms with E-state index in [2.05, 4.69) is 18.8 Å². The number of hydrogen-bond acceptors (Lipinski definition) is 1. The molecule has 0 saturated carbocycles. The van der Waals surface area contributed by atoms with Crippen molar-refractivity contribution in [3.05, 3.63) is 0 Å². The van der Waals surface area contributed by atoms with Crippen LogP contribution in [0.15, 0.2) is 0 Å². The molecule has 0 radical (unpaired) electrons. The van der Waals surface area contributed by atoms with Gasteiger partial charge in [-0.05, 0) is 6.42 Å². The molecule has 0 aliphatic rings. The van der Waals surface area contributed by atoms with Crippen LogP contribution >= 0.6 is 11.6 Å². The van der Waals surface area contributed by atoms with Gasteiger partial charge in [0, 0.05) is 6.61 Å². The molecule has 52 valence electrons. The van der Waals surface area contributed by atoms with Crippen LogP contribution in [-0.4, -0.2) is 19.1 Å². The molecule has 0 bridgehead atoms. The van der Waals surface area contributed by atoms with Crippen LogP contribution in [0.1, 0.15) is 13.3 Å². The van der Waals surface area contributed by atoms with E-state index in [0.717, 1.165) is 13.0 Å². The van der Waals surface area contributed by atoms with Crippen LogP contribution in [0.25, 0.3) is 0 Å². The van der Waals surface area contributed by atoms with Crippen molar-refractivity contribution >= 4 is 11.6 Å². The Labute approximate surface area is 61.3 Å². The third-order valence-corrected chi connectivity index (χ3v) is 0.848. The maximum absolute atomic E-state index is 5.29. The smallest absolute Gasteiger partial charge is 0.107 e. The maximum atomic E-state index is 5.29. The Morgan fingerprint density at radius 1 is 1.44 bits per heavy atom. The average molecular weight is 147 g/mol. The van der Waals surface area contributed by atoms with Gasteiger partial charge in [0.15, 0.2) is 0 Å². The zero-order valence-corrected chi connectivity index (χ0v) is 6.37. The third-order valence-electron chi connectivity index (χ3n) is 0.715. The van der Waals surface area contributed by atoms with Gasteiger partial charge in [-0.25, -0.2) is 0 Å². The van der Waals surface area contributed by atoms with Crippen LogP contribution < -0.4 is 0 Å². The van der Waals surface area contributed by atoms with Gasteiger partial charge in [0.05, 0.1) is 5.88 Å². The Hall–Kier alpha value is -0.190. The molecule has 1 nitrogen and oxygen atoms in total. The Balaban J connectivity index is 2.90. The van der Waals surface area contributed by atoms with Gasteiger partial charge in [-0.15, -0.1) is 11.6 Å². The summed E-state index contributed by atoms with van der Waals surface area (Å²) in [4.78, 5) is 0. The van der Waals surface area contributed by atoms with Crippen LogP contribution in [0.2, 0.25) is 0 Å². The highest BCUT2D eigenvalue weighted by Crippen LogP contribution is 1.77. The predicted molar refractivity (Wildman–Crippen MR) is 39.6 cm³/mol. The quantitative estimate of drug-likeness (QED) is 0.334. The fourth-order valence-electron chi connectivity index (χ4n) is 0.366. The van der Waals surface area contributed by atoms with Crippen molar-refractivity contribution in [3.63, 3.8) is 0 Å². The summed E-state index contributed by atoms with van der Waals surface area (Å²) in [5.74, 6) is 5.86. The topological polar surface area (TPSA) is 9.23 Å². The van der Waals surface area contributed by atoms with Crippen LogP contribution in [0, 0.1) is 11.8 Å². The highest BCUT2D eigenvalue weighted by Gasteiger charge is 1.76. The molecule has 0 aromatic heterocycles. The van der Waals surface area contributed by atoms with E-state index in [1.165, 1.54) is 0 Å². The lowest BCUT2D eigenvalue weighted by molar-refractivity contribution is 0.168. The lowest BCUT2D eigenvalue weighted by atomic mass is 10.5. The van der Waals surface area contributed by atoms with Crippen LogP contribution in [-0.2, 0) is 4.74 Å². The van der Waals surface area contributed by atoms with Crippen molar-refractivity contribution in [2.24, 2.45) is 0 Å². The van der Waals surface area contributed by atoms with Gasteiger partial charge in [0.25, 0.3) is 0 Å². The maximum Gasteiger partial charge on any atom is 0.107 e. The summed E-state index contributed by atoms with van der Waals surface area (Å²) in [6.07, 6.45) is 1.04. The van der Waals surface area contributed by atoms with Crippen LogP contribution in [0.4, 0.5) is 0 Å². The zero-order chi connectivity index (χ0) is 6.95. The van der Waals surface area contributed by atoms with Gasteiger partial charge in [-0.1, -0.05) is 18.8 Å². The van der Waals surface area contributed by atoms with Crippen molar-refractivity contribution in [3.8, 4) is 11.8 Å². The first kappa shape index (κ1) is 8.81. The summed E-state index contributed by atoms with van der Waals surface area (Å²) in [5.41, 5.74) is 0. The van der Waals surface area contributed by atoms with E-state index in [1.807, 2.05) is 0 Å². The fraction of sp³-hybridized carbons (Fsp3) is 0.714. The van der Waals surface area contributed by atoms with Crippen molar-refractivity contribution in [2.75, 3.05) is 19.1 Å². The molecular weight excluding hydrogens is 136 g/mol. The highest BCUT2D eigenvalue weighted by atomic mass is 35.5. The Bertz CT molecular complexity index is 101. The van der Waals surface area contributed by atoms with Gasteiger partial charge < -0.3 is 4.74 Å². The SMILES string of the molecule is CCCOCC#CCCl.